The summed E-state index contributed by atoms with van der Waals surface area (Å²) in [4.78, 5) is 15.1. The minimum Gasteiger partial charge on any atom is -0.381 e. The first-order valence-electron chi connectivity index (χ1n) is 8.68. The maximum Gasteiger partial charge on any atom is 0.227 e. The van der Waals surface area contributed by atoms with Crippen molar-refractivity contribution >= 4 is 5.91 Å². The van der Waals surface area contributed by atoms with Gasteiger partial charge in [-0.3, -0.25) is 4.79 Å². The third kappa shape index (κ3) is 3.63. The number of nitrogens with two attached hydrogens (primary N) is 1. The summed E-state index contributed by atoms with van der Waals surface area (Å²) in [5.74, 6) is 0.845. The summed E-state index contributed by atoms with van der Waals surface area (Å²) in [5.41, 5.74) is 5.60. The summed E-state index contributed by atoms with van der Waals surface area (Å²) < 4.78 is 5.40. The van der Waals surface area contributed by atoms with Gasteiger partial charge < -0.3 is 20.7 Å². The van der Waals surface area contributed by atoms with E-state index in [9.17, 15) is 4.79 Å². The molecule has 22 heavy (non-hydrogen) atoms. The maximum atomic E-state index is 12.8. The SMILES string of the molecule is CC1CCCC(CNC(=O)C2(CN)CCOCC2)(N(C)C)C1. The molecule has 1 aliphatic heterocycles. The second-order valence-corrected chi connectivity index (χ2v) is 7.60. The van der Waals surface area contributed by atoms with Gasteiger partial charge in [0.05, 0.1) is 5.41 Å². The molecule has 2 atom stereocenters. The number of ether oxygens (including phenoxy) is 1. The normalized spacial score (nSPS) is 32.0. The Morgan fingerprint density at radius 3 is 2.55 bits per heavy atom. The fourth-order valence-corrected chi connectivity index (χ4v) is 4.08. The first kappa shape index (κ1) is 17.7. The van der Waals surface area contributed by atoms with Crippen molar-refractivity contribution in [2.24, 2.45) is 17.1 Å². The zero-order chi connectivity index (χ0) is 16.2. The highest BCUT2D eigenvalue weighted by Crippen LogP contribution is 2.36. The predicted octanol–water partition coefficient (Wildman–Crippen LogP) is 1.37. The number of amides is 1. The fourth-order valence-electron chi connectivity index (χ4n) is 4.08. The van der Waals surface area contributed by atoms with Crippen LogP contribution in [0.1, 0.15) is 45.4 Å². The van der Waals surface area contributed by atoms with E-state index in [-0.39, 0.29) is 11.4 Å². The highest BCUT2D eigenvalue weighted by molar-refractivity contribution is 5.83. The molecule has 2 rings (SSSR count). The summed E-state index contributed by atoms with van der Waals surface area (Å²) in [6.07, 6.45) is 6.32. The molecule has 1 saturated carbocycles. The van der Waals surface area contributed by atoms with Gasteiger partial charge in [-0.15, -0.1) is 0 Å². The molecule has 0 spiro atoms. The van der Waals surface area contributed by atoms with Crippen LogP contribution in [0, 0.1) is 11.3 Å². The predicted molar refractivity (Wildman–Crippen MR) is 88.6 cm³/mol. The van der Waals surface area contributed by atoms with Crippen LogP contribution in [-0.2, 0) is 9.53 Å². The van der Waals surface area contributed by atoms with E-state index in [1.807, 2.05) is 0 Å². The van der Waals surface area contributed by atoms with Crippen LogP contribution < -0.4 is 11.1 Å². The number of carbonyl (C=O) groups excluding carboxylic acids is 1. The van der Waals surface area contributed by atoms with Crippen LogP contribution in [-0.4, -0.2) is 56.7 Å². The number of likely N-dealkylation sites (N-methyl/N-ethyl adjacent to an activating group) is 1. The molecule has 1 amide bonds. The molecule has 128 valence electrons. The number of hydrogen-bond donors (Lipinski definition) is 2. The number of nitrogens with zero attached hydrogens (tertiary/aromatic N) is 1. The van der Waals surface area contributed by atoms with Crippen LogP contribution in [0.3, 0.4) is 0 Å². The molecule has 2 aliphatic rings. The van der Waals surface area contributed by atoms with E-state index in [4.69, 9.17) is 10.5 Å². The second kappa shape index (κ2) is 7.28. The van der Waals surface area contributed by atoms with Crippen molar-refractivity contribution in [2.45, 2.75) is 51.0 Å². The largest absolute Gasteiger partial charge is 0.381 e. The summed E-state index contributed by atoms with van der Waals surface area (Å²) in [5, 5.41) is 3.24. The third-order valence-corrected chi connectivity index (χ3v) is 5.92. The van der Waals surface area contributed by atoms with Crippen LogP contribution >= 0.6 is 0 Å². The molecule has 5 heteroatoms. The lowest BCUT2D eigenvalue weighted by molar-refractivity contribution is -0.136. The molecule has 1 heterocycles. The topological polar surface area (TPSA) is 67.6 Å². The Bertz CT molecular complexity index is 380. The smallest absolute Gasteiger partial charge is 0.227 e. The van der Waals surface area contributed by atoms with Gasteiger partial charge in [-0.25, -0.2) is 0 Å². The van der Waals surface area contributed by atoms with E-state index in [2.05, 4.69) is 31.2 Å². The van der Waals surface area contributed by atoms with Gasteiger partial charge in [0.2, 0.25) is 5.91 Å². The molecular weight excluding hydrogens is 278 g/mol. The van der Waals surface area contributed by atoms with Gasteiger partial charge in [-0.2, -0.15) is 0 Å². The van der Waals surface area contributed by atoms with Crippen LogP contribution in [0.25, 0.3) is 0 Å². The Labute approximate surface area is 134 Å². The van der Waals surface area contributed by atoms with Crippen molar-refractivity contribution < 1.29 is 9.53 Å². The van der Waals surface area contributed by atoms with Crippen molar-refractivity contribution in [3.63, 3.8) is 0 Å². The number of rotatable bonds is 5. The van der Waals surface area contributed by atoms with Crippen molar-refractivity contribution in [1.29, 1.82) is 0 Å². The lowest BCUT2D eigenvalue weighted by Crippen LogP contribution is -2.58. The molecule has 0 radical (unpaired) electrons. The fraction of sp³-hybridized carbons (Fsp3) is 0.941. The van der Waals surface area contributed by atoms with E-state index in [0.717, 1.165) is 38.1 Å². The van der Waals surface area contributed by atoms with E-state index in [1.54, 1.807) is 0 Å². The standard InChI is InChI=1S/C17H33N3O2/c1-14-5-4-6-17(11-14,20(2)3)13-19-15(21)16(12-18)7-9-22-10-8-16/h14H,4-13,18H2,1-3H3,(H,19,21). The van der Waals surface area contributed by atoms with Crippen molar-refractivity contribution in [2.75, 3.05) is 40.4 Å². The zero-order valence-corrected chi connectivity index (χ0v) is 14.5. The molecule has 0 aromatic carbocycles. The lowest BCUT2D eigenvalue weighted by atomic mass is 9.74. The van der Waals surface area contributed by atoms with Crippen molar-refractivity contribution in [3.8, 4) is 0 Å². The van der Waals surface area contributed by atoms with Gasteiger partial charge in [0.25, 0.3) is 0 Å². The van der Waals surface area contributed by atoms with Gasteiger partial charge in [-0.05, 0) is 45.7 Å². The molecule has 0 aromatic heterocycles. The van der Waals surface area contributed by atoms with Gasteiger partial charge in [0, 0.05) is 31.8 Å². The van der Waals surface area contributed by atoms with Crippen molar-refractivity contribution in [3.05, 3.63) is 0 Å². The average molecular weight is 311 g/mol. The van der Waals surface area contributed by atoms with Crippen LogP contribution in [0.2, 0.25) is 0 Å². The van der Waals surface area contributed by atoms with E-state index in [0.29, 0.717) is 19.8 Å². The first-order valence-corrected chi connectivity index (χ1v) is 8.68. The highest BCUT2D eigenvalue weighted by atomic mass is 16.5. The van der Waals surface area contributed by atoms with Crippen LogP contribution in [0.5, 0.6) is 0 Å². The third-order valence-electron chi connectivity index (χ3n) is 5.92. The minimum absolute atomic E-state index is 0.0915. The van der Waals surface area contributed by atoms with E-state index in [1.165, 1.54) is 12.8 Å². The zero-order valence-electron chi connectivity index (χ0n) is 14.5. The molecule has 3 N–H and O–H groups in total. The van der Waals surface area contributed by atoms with Gasteiger partial charge >= 0.3 is 0 Å². The summed E-state index contributed by atoms with van der Waals surface area (Å²) in [6, 6.07) is 0. The molecule has 0 bridgehead atoms. The maximum absolute atomic E-state index is 12.8. The second-order valence-electron chi connectivity index (χ2n) is 7.60. The summed E-state index contributed by atoms with van der Waals surface area (Å²) >= 11 is 0. The average Bonchev–Trinajstić information content (AvgIpc) is 2.53. The van der Waals surface area contributed by atoms with Gasteiger partial charge in [-0.1, -0.05) is 19.8 Å². The summed E-state index contributed by atoms with van der Waals surface area (Å²) in [7, 11) is 4.27. The Balaban J connectivity index is 2.01. The molecule has 0 aromatic rings. The monoisotopic (exact) mass is 311 g/mol. The highest BCUT2D eigenvalue weighted by Gasteiger charge is 2.42. The van der Waals surface area contributed by atoms with E-state index < -0.39 is 5.41 Å². The number of nitrogens with one attached hydrogen (secondary N) is 1. The number of hydrogen-bond acceptors (Lipinski definition) is 4. The van der Waals surface area contributed by atoms with Crippen LogP contribution in [0.4, 0.5) is 0 Å². The Morgan fingerprint density at radius 2 is 2.00 bits per heavy atom. The minimum atomic E-state index is -0.425. The first-order chi connectivity index (χ1) is 10.4. The quantitative estimate of drug-likeness (QED) is 0.805. The molecule has 5 nitrogen and oxygen atoms in total. The lowest BCUT2D eigenvalue weighted by Gasteiger charge is -2.46. The Morgan fingerprint density at radius 1 is 1.32 bits per heavy atom. The van der Waals surface area contributed by atoms with Crippen molar-refractivity contribution in [1.82, 2.24) is 10.2 Å². The van der Waals surface area contributed by atoms with Gasteiger partial charge in [0.1, 0.15) is 0 Å². The molecule has 1 aliphatic carbocycles. The molecule has 1 saturated heterocycles. The van der Waals surface area contributed by atoms with E-state index >= 15 is 0 Å². The number of carbonyl (C=O) groups is 1. The van der Waals surface area contributed by atoms with Gasteiger partial charge in [0.15, 0.2) is 0 Å². The Hall–Kier alpha value is -0.650. The Kier molecular flexibility index (Phi) is 5.86. The molecule has 2 fully saturated rings. The van der Waals surface area contributed by atoms with Crippen LogP contribution in [0.15, 0.2) is 0 Å². The summed E-state index contributed by atoms with van der Waals surface area (Å²) in [6.45, 7) is 4.74. The molecule has 2 unspecified atom stereocenters. The molecular formula is C17H33N3O2.